The van der Waals surface area contributed by atoms with Crippen molar-refractivity contribution in [3.63, 3.8) is 0 Å². The molecular formula is C12H19N3. The summed E-state index contributed by atoms with van der Waals surface area (Å²) in [6.07, 6.45) is 7.71. The van der Waals surface area contributed by atoms with Crippen LogP contribution in [0.15, 0.2) is 41.9 Å². The minimum atomic E-state index is -0.0992. The van der Waals surface area contributed by atoms with E-state index in [1.807, 2.05) is 36.5 Å². The summed E-state index contributed by atoms with van der Waals surface area (Å²) in [6.45, 7) is 12.2. The van der Waals surface area contributed by atoms with Gasteiger partial charge in [0.05, 0.1) is 11.2 Å². The second kappa shape index (κ2) is 4.34. The lowest BCUT2D eigenvalue weighted by Crippen LogP contribution is -2.33. The van der Waals surface area contributed by atoms with Crippen LogP contribution in [0.4, 0.5) is 0 Å². The Morgan fingerprint density at radius 2 is 2.13 bits per heavy atom. The van der Waals surface area contributed by atoms with Crippen LogP contribution in [-0.2, 0) is 0 Å². The molecular weight excluding hydrogens is 186 g/mol. The molecule has 0 bridgehead atoms. The predicted octanol–water partition coefficient (Wildman–Crippen LogP) is 2.61. The van der Waals surface area contributed by atoms with Crippen molar-refractivity contribution >= 4 is 5.84 Å². The highest BCUT2D eigenvalue weighted by Crippen LogP contribution is 2.14. The van der Waals surface area contributed by atoms with Crippen molar-refractivity contribution in [1.82, 2.24) is 10.2 Å². The van der Waals surface area contributed by atoms with Gasteiger partial charge in [-0.3, -0.25) is 4.99 Å². The molecule has 1 aliphatic heterocycles. The summed E-state index contributed by atoms with van der Waals surface area (Å²) >= 11 is 0. The van der Waals surface area contributed by atoms with Gasteiger partial charge in [0.25, 0.3) is 0 Å². The molecule has 1 aliphatic rings. The molecule has 0 unspecified atom stereocenters. The molecule has 0 aromatic carbocycles. The van der Waals surface area contributed by atoms with Crippen molar-refractivity contribution in [2.45, 2.75) is 33.2 Å². The van der Waals surface area contributed by atoms with Gasteiger partial charge in [-0.2, -0.15) is 0 Å². The number of rotatable bonds is 1. The Morgan fingerprint density at radius 3 is 2.67 bits per heavy atom. The third-order valence-corrected chi connectivity index (χ3v) is 1.80. The van der Waals surface area contributed by atoms with Gasteiger partial charge < -0.3 is 10.2 Å². The van der Waals surface area contributed by atoms with Crippen LogP contribution < -0.4 is 5.32 Å². The molecule has 3 heteroatoms. The van der Waals surface area contributed by atoms with Gasteiger partial charge in [-0.05, 0) is 27.7 Å². The molecule has 0 atom stereocenters. The van der Waals surface area contributed by atoms with Gasteiger partial charge in [-0.1, -0.05) is 12.7 Å². The summed E-state index contributed by atoms with van der Waals surface area (Å²) in [5.74, 6) is 0.822. The van der Waals surface area contributed by atoms with E-state index in [1.165, 1.54) is 0 Å². The number of nitrogens with one attached hydrogen (secondary N) is 1. The van der Waals surface area contributed by atoms with E-state index >= 15 is 0 Å². The van der Waals surface area contributed by atoms with Crippen LogP contribution in [0.3, 0.4) is 0 Å². The maximum Gasteiger partial charge on any atom is 0.149 e. The maximum atomic E-state index is 4.56. The first-order valence-electron chi connectivity index (χ1n) is 5.07. The topological polar surface area (TPSA) is 27.6 Å². The van der Waals surface area contributed by atoms with Crippen molar-refractivity contribution in [2.75, 3.05) is 0 Å². The van der Waals surface area contributed by atoms with Gasteiger partial charge in [0, 0.05) is 18.6 Å². The smallest absolute Gasteiger partial charge is 0.149 e. The molecule has 1 N–H and O–H groups in total. The van der Waals surface area contributed by atoms with Crippen molar-refractivity contribution in [3.8, 4) is 0 Å². The second-order valence-corrected chi connectivity index (χ2v) is 4.43. The fourth-order valence-corrected chi connectivity index (χ4v) is 1.22. The monoisotopic (exact) mass is 205 g/mol. The molecule has 0 spiro atoms. The number of nitrogens with zero attached hydrogens (tertiary/aromatic N) is 2. The largest absolute Gasteiger partial charge is 0.344 e. The maximum absolute atomic E-state index is 4.56. The highest BCUT2D eigenvalue weighted by molar-refractivity contribution is 5.99. The van der Waals surface area contributed by atoms with E-state index in [0.717, 1.165) is 11.5 Å². The molecule has 0 fully saturated rings. The van der Waals surface area contributed by atoms with E-state index < -0.39 is 0 Å². The fraction of sp³-hybridized carbons (Fsp3) is 0.417. The Labute approximate surface area is 91.9 Å². The zero-order chi connectivity index (χ0) is 11.5. The first-order chi connectivity index (χ1) is 6.94. The molecule has 0 aliphatic carbocycles. The Balaban J connectivity index is 2.93. The van der Waals surface area contributed by atoms with Gasteiger partial charge in [0.15, 0.2) is 0 Å². The van der Waals surface area contributed by atoms with E-state index in [1.54, 1.807) is 0 Å². The molecule has 3 nitrogen and oxygen atoms in total. The fourth-order valence-electron chi connectivity index (χ4n) is 1.22. The van der Waals surface area contributed by atoms with Crippen LogP contribution in [-0.4, -0.2) is 16.3 Å². The first-order valence-corrected chi connectivity index (χ1v) is 5.07. The normalized spacial score (nSPS) is 20.1. The summed E-state index contributed by atoms with van der Waals surface area (Å²) in [4.78, 5) is 6.51. The molecule has 0 saturated carbocycles. The highest BCUT2D eigenvalue weighted by atomic mass is 15.2. The van der Waals surface area contributed by atoms with E-state index in [-0.39, 0.29) is 5.54 Å². The van der Waals surface area contributed by atoms with Crippen LogP contribution >= 0.6 is 0 Å². The average molecular weight is 205 g/mol. The van der Waals surface area contributed by atoms with Crippen LogP contribution in [0.1, 0.15) is 27.7 Å². The number of hydrogen-bond acceptors (Lipinski definition) is 2. The third-order valence-electron chi connectivity index (χ3n) is 1.80. The predicted molar refractivity (Wildman–Crippen MR) is 65.3 cm³/mol. The number of amidine groups is 1. The van der Waals surface area contributed by atoms with Crippen molar-refractivity contribution < 1.29 is 0 Å². The Morgan fingerprint density at radius 1 is 1.47 bits per heavy atom. The molecule has 1 rings (SSSR count). The Bertz CT molecular complexity index is 329. The standard InChI is InChI=1S/C12H19N3/c1-6-8-15-9-7-13-11(10(15)2)14-12(3,4)5/h6-9H,2H2,1,3-5H3,(H,13,14)/b8-6-. The van der Waals surface area contributed by atoms with Gasteiger partial charge in [0.2, 0.25) is 0 Å². The number of allylic oxidation sites excluding steroid dienone is 1. The lowest BCUT2D eigenvalue weighted by Gasteiger charge is -2.26. The van der Waals surface area contributed by atoms with E-state index in [0.29, 0.717) is 0 Å². The molecule has 82 valence electrons. The average Bonchev–Trinajstić information content (AvgIpc) is 2.10. The highest BCUT2D eigenvalue weighted by Gasteiger charge is 2.16. The Kier molecular flexibility index (Phi) is 3.35. The molecule has 0 saturated heterocycles. The molecule has 15 heavy (non-hydrogen) atoms. The summed E-state index contributed by atoms with van der Waals surface area (Å²) < 4.78 is 0. The lowest BCUT2D eigenvalue weighted by atomic mass is 10.1. The molecule has 0 aromatic heterocycles. The van der Waals surface area contributed by atoms with Crippen molar-refractivity contribution in [1.29, 1.82) is 0 Å². The van der Waals surface area contributed by atoms with Gasteiger partial charge in [-0.25, -0.2) is 0 Å². The number of hydrogen-bond donors (Lipinski definition) is 1. The lowest BCUT2D eigenvalue weighted by molar-refractivity contribution is 0.570. The summed E-state index contributed by atoms with van der Waals surface area (Å²) in [7, 11) is 0. The van der Waals surface area contributed by atoms with Gasteiger partial charge >= 0.3 is 0 Å². The molecule has 0 aromatic rings. The van der Waals surface area contributed by atoms with Crippen molar-refractivity contribution in [2.24, 2.45) is 4.99 Å². The van der Waals surface area contributed by atoms with Crippen molar-refractivity contribution in [3.05, 3.63) is 37.0 Å². The summed E-state index contributed by atoms with van der Waals surface area (Å²) in [5.41, 5.74) is 0.767. The van der Waals surface area contributed by atoms with E-state index in [4.69, 9.17) is 0 Å². The minimum Gasteiger partial charge on any atom is -0.344 e. The summed E-state index contributed by atoms with van der Waals surface area (Å²) in [6, 6.07) is 0. The first kappa shape index (κ1) is 11.6. The minimum absolute atomic E-state index is 0.0992. The van der Waals surface area contributed by atoms with Crippen LogP contribution in [0.5, 0.6) is 0 Å². The van der Waals surface area contributed by atoms with Crippen LogP contribution in [0.2, 0.25) is 0 Å². The van der Waals surface area contributed by atoms with E-state index in [9.17, 15) is 0 Å². The summed E-state index contributed by atoms with van der Waals surface area (Å²) in [5, 5.41) is 3.11. The van der Waals surface area contributed by atoms with Crippen LogP contribution in [0, 0.1) is 0 Å². The second-order valence-electron chi connectivity index (χ2n) is 4.43. The molecule has 0 amide bonds. The zero-order valence-electron chi connectivity index (χ0n) is 9.91. The quantitative estimate of drug-likeness (QED) is 0.712. The van der Waals surface area contributed by atoms with E-state index in [2.05, 4.69) is 37.7 Å². The molecule has 0 radical (unpaired) electrons. The third kappa shape index (κ3) is 3.27. The number of aliphatic imine (C=N–C) groups is 1. The SMILES string of the molecule is C=C1C(=NC(C)(C)C)NC=CN1/C=C\C. The Hall–Kier alpha value is -1.51. The molecule has 1 heterocycles. The van der Waals surface area contributed by atoms with Gasteiger partial charge in [0.1, 0.15) is 5.84 Å². The zero-order valence-corrected chi connectivity index (χ0v) is 9.91. The van der Waals surface area contributed by atoms with Crippen LogP contribution in [0.25, 0.3) is 0 Å². The van der Waals surface area contributed by atoms with Gasteiger partial charge in [-0.15, -0.1) is 0 Å².